The van der Waals surface area contributed by atoms with Crippen LogP contribution in [0.2, 0.25) is 0 Å². The third-order valence-corrected chi connectivity index (χ3v) is 3.83. The highest BCUT2D eigenvalue weighted by atomic mass is 16.5. The Morgan fingerprint density at radius 2 is 1.83 bits per heavy atom. The summed E-state index contributed by atoms with van der Waals surface area (Å²) in [6, 6.07) is 16.6. The number of nitrogens with zero attached hydrogens (tertiary/aromatic N) is 2. The molecule has 1 heterocycles. The minimum Gasteiger partial charge on any atom is -0.491 e. The van der Waals surface area contributed by atoms with Gasteiger partial charge in [0.1, 0.15) is 17.9 Å². The molecule has 0 unspecified atom stereocenters. The predicted molar refractivity (Wildman–Crippen MR) is 93.3 cm³/mol. The van der Waals surface area contributed by atoms with Crippen molar-refractivity contribution in [2.75, 3.05) is 25.1 Å². The molecule has 0 N–H and O–H groups in total. The third kappa shape index (κ3) is 3.47. The van der Waals surface area contributed by atoms with Crippen molar-refractivity contribution < 1.29 is 9.15 Å². The second kappa shape index (κ2) is 6.73. The molecule has 4 nitrogen and oxygen atoms in total. The predicted octanol–water partition coefficient (Wildman–Crippen LogP) is 4.47. The minimum absolute atomic E-state index is 0.445. The number of rotatable bonds is 6. The van der Waals surface area contributed by atoms with Crippen molar-refractivity contribution >= 4 is 17.1 Å². The summed E-state index contributed by atoms with van der Waals surface area (Å²) in [4.78, 5) is 6.46. The minimum atomic E-state index is 0.445. The molecule has 0 saturated heterocycles. The highest BCUT2D eigenvalue weighted by Gasteiger charge is 2.11. The summed E-state index contributed by atoms with van der Waals surface area (Å²) in [5, 5.41) is 0. The van der Waals surface area contributed by atoms with E-state index in [1.165, 1.54) is 5.56 Å². The van der Waals surface area contributed by atoms with Crippen LogP contribution in [0.3, 0.4) is 0 Å². The van der Waals surface area contributed by atoms with E-state index < -0.39 is 0 Å². The standard InChI is InChI=1S/C19H22N2O2/c1-14(2)15-8-4-6-10-17(15)22-13-12-21(3)19-20-16-9-5-7-11-18(16)23-19/h4-11,14H,12-13H2,1-3H3. The van der Waals surface area contributed by atoms with Gasteiger partial charge in [0.15, 0.2) is 5.58 Å². The van der Waals surface area contributed by atoms with Gasteiger partial charge in [0.25, 0.3) is 6.01 Å². The van der Waals surface area contributed by atoms with Crippen molar-refractivity contribution in [3.63, 3.8) is 0 Å². The first kappa shape index (κ1) is 15.4. The maximum absolute atomic E-state index is 5.95. The largest absolute Gasteiger partial charge is 0.491 e. The molecule has 1 aromatic heterocycles. The molecule has 0 atom stereocenters. The fraction of sp³-hybridized carbons (Fsp3) is 0.316. The topological polar surface area (TPSA) is 38.5 Å². The molecule has 4 heteroatoms. The Morgan fingerprint density at radius 1 is 1.09 bits per heavy atom. The number of benzene rings is 2. The van der Waals surface area contributed by atoms with Gasteiger partial charge in [-0.1, -0.05) is 44.2 Å². The first-order valence-corrected chi connectivity index (χ1v) is 7.93. The summed E-state index contributed by atoms with van der Waals surface area (Å²) in [7, 11) is 1.96. The van der Waals surface area contributed by atoms with E-state index >= 15 is 0 Å². The van der Waals surface area contributed by atoms with Crippen LogP contribution in [0.1, 0.15) is 25.3 Å². The zero-order valence-electron chi connectivity index (χ0n) is 13.8. The highest BCUT2D eigenvalue weighted by molar-refractivity contribution is 5.74. The van der Waals surface area contributed by atoms with Crippen LogP contribution in [0.5, 0.6) is 5.75 Å². The maximum Gasteiger partial charge on any atom is 0.298 e. The Bertz CT molecular complexity index is 747. The van der Waals surface area contributed by atoms with E-state index in [1.54, 1.807) is 0 Å². The average Bonchev–Trinajstić information content (AvgIpc) is 2.99. The molecule has 0 fully saturated rings. The zero-order valence-corrected chi connectivity index (χ0v) is 13.8. The van der Waals surface area contributed by atoms with E-state index in [0.717, 1.165) is 16.8 Å². The van der Waals surface area contributed by atoms with Crippen LogP contribution < -0.4 is 9.64 Å². The van der Waals surface area contributed by atoms with E-state index in [-0.39, 0.29) is 0 Å². The lowest BCUT2D eigenvalue weighted by atomic mass is 10.0. The molecule has 0 aliphatic rings. The van der Waals surface area contributed by atoms with Gasteiger partial charge >= 0.3 is 0 Å². The van der Waals surface area contributed by atoms with Crippen molar-refractivity contribution in [3.05, 3.63) is 54.1 Å². The Hall–Kier alpha value is -2.49. The van der Waals surface area contributed by atoms with Gasteiger partial charge in [0.2, 0.25) is 0 Å². The van der Waals surface area contributed by atoms with Crippen LogP contribution in [-0.2, 0) is 0 Å². The Morgan fingerprint density at radius 3 is 2.61 bits per heavy atom. The number of aromatic nitrogens is 1. The van der Waals surface area contributed by atoms with Gasteiger partial charge in [-0.2, -0.15) is 4.98 Å². The van der Waals surface area contributed by atoms with Gasteiger partial charge in [-0.25, -0.2) is 0 Å². The number of anilines is 1. The van der Waals surface area contributed by atoms with Gasteiger partial charge in [-0.15, -0.1) is 0 Å². The summed E-state index contributed by atoms with van der Waals surface area (Å²) < 4.78 is 11.7. The molecular formula is C19H22N2O2. The van der Waals surface area contributed by atoms with Crippen molar-refractivity contribution in [3.8, 4) is 5.75 Å². The molecule has 2 aromatic carbocycles. The number of likely N-dealkylation sites (N-methyl/N-ethyl adjacent to an activating group) is 1. The molecule has 0 bridgehead atoms. The molecule has 0 aliphatic carbocycles. The molecule has 0 amide bonds. The van der Waals surface area contributed by atoms with Crippen LogP contribution in [0.15, 0.2) is 52.9 Å². The zero-order chi connectivity index (χ0) is 16.2. The first-order valence-electron chi connectivity index (χ1n) is 7.93. The Labute approximate surface area is 136 Å². The number of fused-ring (bicyclic) bond motifs is 1. The van der Waals surface area contributed by atoms with E-state index in [2.05, 4.69) is 24.9 Å². The van der Waals surface area contributed by atoms with Crippen LogP contribution in [0.4, 0.5) is 6.01 Å². The normalized spacial score (nSPS) is 11.1. The smallest absolute Gasteiger partial charge is 0.298 e. The van der Waals surface area contributed by atoms with E-state index in [0.29, 0.717) is 25.1 Å². The number of ether oxygens (including phenoxy) is 1. The third-order valence-electron chi connectivity index (χ3n) is 3.83. The Kier molecular flexibility index (Phi) is 4.51. The molecule has 23 heavy (non-hydrogen) atoms. The summed E-state index contributed by atoms with van der Waals surface area (Å²) in [6.45, 7) is 5.64. The van der Waals surface area contributed by atoms with Gasteiger partial charge in [0.05, 0.1) is 6.54 Å². The lowest BCUT2D eigenvalue weighted by molar-refractivity contribution is 0.319. The van der Waals surface area contributed by atoms with E-state index in [9.17, 15) is 0 Å². The molecule has 3 rings (SSSR count). The number of hydrogen-bond donors (Lipinski definition) is 0. The molecule has 120 valence electrons. The van der Waals surface area contributed by atoms with Crippen molar-refractivity contribution in [2.24, 2.45) is 0 Å². The van der Waals surface area contributed by atoms with Gasteiger partial charge in [0, 0.05) is 7.05 Å². The molecule has 0 spiro atoms. The van der Waals surface area contributed by atoms with Crippen molar-refractivity contribution in [2.45, 2.75) is 19.8 Å². The molecule has 3 aromatic rings. The van der Waals surface area contributed by atoms with Crippen molar-refractivity contribution in [1.29, 1.82) is 0 Å². The fourth-order valence-electron chi connectivity index (χ4n) is 2.50. The van der Waals surface area contributed by atoms with Crippen LogP contribution in [0, 0.1) is 0 Å². The molecule has 0 aliphatic heterocycles. The fourth-order valence-corrected chi connectivity index (χ4v) is 2.50. The molecular weight excluding hydrogens is 288 g/mol. The van der Waals surface area contributed by atoms with Crippen molar-refractivity contribution in [1.82, 2.24) is 4.98 Å². The Balaban J connectivity index is 1.62. The van der Waals surface area contributed by atoms with E-state index in [1.807, 2.05) is 54.4 Å². The highest BCUT2D eigenvalue weighted by Crippen LogP contribution is 2.26. The van der Waals surface area contributed by atoms with Crippen LogP contribution in [0.25, 0.3) is 11.1 Å². The lowest BCUT2D eigenvalue weighted by Crippen LogP contribution is -2.24. The SMILES string of the molecule is CC(C)c1ccccc1OCCN(C)c1nc2ccccc2o1. The summed E-state index contributed by atoms with van der Waals surface area (Å²) in [5.74, 6) is 1.40. The monoisotopic (exact) mass is 310 g/mol. The van der Waals surface area contributed by atoms with Crippen LogP contribution in [-0.4, -0.2) is 25.2 Å². The van der Waals surface area contributed by atoms with Gasteiger partial charge in [-0.3, -0.25) is 0 Å². The number of oxazole rings is 1. The second-order valence-corrected chi connectivity index (χ2v) is 5.93. The maximum atomic E-state index is 5.95. The number of para-hydroxylation sites is 3. The first-order chi connectivity index (χ1) is 11.1. The van der Waals surface area contributed by atoms with Crippen LogP contribution >= 0.6 is 0 Å². The number of hydrogen-bond acceptors (Lipinski definition) is 4. The summed E-state index contributed by atoms with van der Waals surface area (Å²) in [6.07, 6.45) is 0. The van der Waals surface area contributed by atoms with Gasteiger partial charge < -0.3 is 14.1 Å². The average molecular weight is 310 g/mol. The second-order valence-electron chi connectivity index (χ2n) is 5.93. The lowest BCUT2D eigenvalue weighted by Gasteiger charge is -2.17. The summed E-state index contributed by atoms with van der Waals surface area (Å²) in [5.41, 5.74) is 2.91. The summed E-state index contributed by atoms with van der Waals surface area (Å²) >= 11 is 0. The molecule has 0 saturated carbocycles. The van der Waals surface area contributed by atoms with E-state index in [4.69, 9.17) is 9.15 Å². The van der Waals surface area contributed by atoms with Gasteiger partial charge in [-0.05, 0) is 29.7 Å². The quantitative estimate of drug-likeness (QED) is 0.673. The molecule has 0 radical (unpaired) electrons.